The molecule has 0 spiro atoms. The molecule has 0 aliphatic carbocycles. The van der Waals surface area contributed by atoms with Gasteiger partial charge in [0.05, 0.1) is 39.3 Å². The molecular formula is C19H31BrN2O+2. The van der Waals surface area contributed by atoms with E-state index in [1.807, 2.05) is 4.90 Å². The highest BCUT2D eigenvalue weighted by molar-refractivity contribution is 9.10. The number of piperidine rings is 2. The standard InChI is InChI=1S/C19H29BrN2O/c1-15-5-11-22(12-6-15)18-7-9-21(10-8-18)14-16-13-17(20)3-4-19(16)23-2/h3-4,13,15,18H,5-12,14H2,1-2H3/p+2. The van der Waals surface area contributed by atoms with Crippen LogP contribution in [0.1, 0.15) is 38.2 Å². The van der Waals surface area contributed by atoms with Crippen molar-refractivity contribution in [2.45, 2.75) is 45.2 Å². The molecule has 2 N–H and O–H groups in total. The van der Waals surface area contributed by atoms with Crippen molar-refractivity contribution >= 4 is 15.9 Å². The predicted molar refractivity (Wildman–Crippen MR) is 97.2 cm³/mol. The summed E-state index contributed by atoms with van der Waals surface area (Å²) in [5, 5.41) is 0. The Hall–Kier alpha value is -0.580. The summed E-state index contributed by atoms with van der Waals surface area (Å²) in [6.07, 6.45) is 5.63. The molecule has 0 atom stereocenters. The Morgan fingerprint density at radius 1 is 1.09 bits per heavy atom. The van der Waals surface area contributed by atoms with E-state index in [9.17, 15) is 0 Å². The SMILES string of the molecule is COc1ccc(Br)cc1C[NH+]1CCC([NH+]2CCC(C)CC2)CC1. The van der Waals surface area contributed by atoms with Crippen molar-refractivity contribution in [3.8, 4) is 5.75 Å². The highest BCUT2D eigenvalue weighted by atomic mass is 79.9. The second-order valence-electron chi connectivity index (χ2n) is 7.50. The lowest BCUT2D eigenvalue weighted by atomic mass is 9.95. The van der Waals surface area contributed by atoms with Crippen molar-refractivity contribution in [1.82, 2.24) is 0 Å². The van der Waals surface area contributed by atoms with Gasteiger partial charge < -0.3 is 14.5 Å². The lowest BCUT2D eigenvalue weighted by molar-refractivity contribution is -0.966. The Morgan fingerprint density at radius 2 is 1.78 bits per heavy atom. The van der Waals surface area contributed by atoms with Gasteiger partial charge in [0.15, 0.2) is 0 Å². The fraction of sp³-hybridized carbons (Fsp3) is 0.684. The molecule has 0 unspecified atom stereocenters. The topological polar surface area (TPSA) is 18.1 Å². The minimum Gasteiger partial charge on any atom is -0.496 e. The molecule has 0 amide bonds. The fourth-order valence-electron chi connectivity index (χ4n) is 4.31. The Balaban J connectivity index is 1.52. The zero-order chi connectivity index (χ0) is 16.2. The number of nitrogens with one attached hydrogen (secondary N) is 2. The van der Waals surface area contributed by atoms with Gasteiger partial charge in [-0.05, 0) is 37.0 Å². The van der Waals surface area contributed by atoms with E-state index in [2.05, 4.69) is 41.1 Å². The first-order valence-electron chi connectivity index (χ1n) is 9.16. The number of quaternary nitrogens is 2. The van der Waals surface area contributed by atoms with Gasteiger partial charge in [0.1, 0.15) is 12.3 Å². The van der Waals surface area contributed by atoms with E-state index >= 15 is 0 Å². The van der Waals surface area contributed by atoms with Gasteiger partial charge in [0, 0.05) is 22.9 Å². The molecule has 1 aromatic rings. The highest BCUT2D eigenvalue weighted by Crippen LogP contribution is 2.22. The van der Waals surface area contributed by atoms with Crippen LogP contribution in [0.2, 0.25) is 0 Å². The monoisotopic (exact) mass is 382 g/mol. The summed E-state index contributed by atoms with van der Waals surface area (Å²) in [7, 11) is 1.77. The van der Waals surface area contributed by atoms with Crippen LogP contribution in [0.3, 0.4) is 0 Å². The van der Waals surface area contributed by atoms with E-state index < -0.39 is 0 Å². The summed E-state index contributed by atoms with van der Waals surface area (Å²) in [5.41, 5.74) is 1.33. The normalized spacial score (nSPS) is 31.8. The van der Waals surface area contributed by atoms with Gasteiger partial charge in [-0.15, -0.1) is 0 Å². The van der Waals surface area contributed by atoms with Gasteiger partial charge in [0.2, 0.25) is 0 Å². The van der Waals surface area contributed by atoms with E-state index in [-0.39, 0.29) is 0 Å². The van der Waals surface area contributed by atoms with Crippen LogP contribution in [-0.4, -0.2) is 39.3 Å². The van der Waals surface area contributed by atoms with E-state index in [4.69, 9.17) is 4.74 Å². The summed E-state index contributed by atoms with van der Waals surface area (Å²) in [5.74, 6) is 1.98. The van der Waals surface area contributed by atoms with Gasteiger partial charge in [-0.25, -0.2) is 0 Å². The molecule has 2 heterocycles. The van der Waals surface area contributed by atoms with Crippen LogP contribution < -0.4 is 14.5 Å². The largest absolute Gasteiger partial charge is 0.496 e. The van der Waals surface area contributed by atoms with Gasteiger partial charge in [0.25, 0.3) is 0 Å². The first kappa shape index (κ1) is 17.2. The van der Waals surface area contributed by atoms with E-state index in [0.717, 1.165) is 28.7 Å². The van der Waals surface area contributed by atoms with Crippen LogP contribution in [0.5, 0.6) is 5.75 Å². The molecule has 2 aliphatic heterocycles. The molecule has 23 heavy (non-hydrogen) atoms. The van der Waals surface area contributed by atoms with E-state index in [0.29, 0.717) is 0 Å². The molecule has 2 fully saturated rings. The van der Waals surface area contributed by atoms with Crippen molar-refractivity contribution < 1.29 is 14.5 Å². The van der Waals surface area contributed by atoms with Crippen LogP contribution in [0.25, 0.3) is 0 Å². The maximum atomic E-state index is 5.53. The number of hydrogen-bond donors (Lipinski definition) is 2. The van der Waals surface area contributed by atoms with Crippen molar-refractivity contribution in [3.63, 3.8) is 0 Å². The molecule has 1 aromatic carbocycles. The van der Waals surface area contributed by atoms with E-state index in [1.165, 1.54) is 57.4 Å². The minimum atomic E-state index is 0.913. The summed E-state index contributed by atoms with van der Waals surface area (Å²) in [6, 6.07) is 7.26. The fourth-order valence-corrected chi connectivity index (χ4v) is 4.72. The van der Waals surface area contributed by atoms with Crippen LogP contribution in [0, 0.1) is 5.92 Å². The first-order chi connectivity index (χ1) is 11.2. The number of halogens is 1. The smallest absolute Gasteiger partial charge is 0.127 e. The Bertz CT molecular complexity index is 506. The first-order valence-corrected chi connectivity index (χ1v) is 9.95. The van der Waals surface area contributed by atoms with Crippen molar-refractivity contribution in [3.05, 3.63) is 28.2 Å². The summed E-state index contributed by atoms with van der Waals surface area (Å²) >= 11 is 3.59. The Kier molecular flexibility index (Phi) is 6.00. The molecule has 0 saturated carbocycles. The number of methoxy groups -OCH3 is 1. The van der Waals surface area contributed by atoms with Crippen molar-refractivity contribution in [2.24, 2.45) is 5.92 Å². The van der Waals surface area contributed by atoms with Crippen molar-refractivity contribution in [2.75, 3.05) is 33.3 Å². The third-order valence-corrected chi connectivity index (χ3v) is 6.36. The molecule has 3 nitrogen and oxygen atoms in total. The van der Waals surface area contributed by atoms with Crippen molar-refractivity contribution in [1.29, 1.82) is 0 Å². The Labute approximate surface area is 149 Å². The number of ether oxygens (including phenoxy) is 1. The zero-order valence-corrected chi connectivity index (χ0v) is 16.1. The maximum Gasteiger partial charge on any atom is 0.127 e. The average Bonchev–Trinajstić information content (AvgIpc) is 2.57. The number of benzene rings is 1. The number of hydrogen-bond acceptors (Lipinski definition) is 1. The molecule has 4 heteroatoms. The zero-order valence-electron chi connectivity index (χ0n) is 14.5. The van der Waals surface area contributed by atoms with Gasteiger partial charge in [-0.2, -0.15) is 0 Å². The lowest BCUT2D eigenvalue weighted by Crippen LogP contribution is -3.20. The number of rotatable bonds is 4. The molecular weight excluding hydrogens is 352 g/mol. The van der Waals surface area contributed by atoms with Crippen LogP contribution in [0.15, 0.2) is 22.7 Å². The summed E-state index contributed by atoms with van der Waals surface area (Å²) in [6.45, 7) is 8.91. The van der Waals surface area contributed by atoms with Crippen LogP contribution in [0.4, 0.5) is 0 Å². The quantitative estimate of drug-likeness (QED) is 0.803. The second-order valence-corrected chi connectivity index (χ2v) is 8.41. The summed E-state index contributed by atoms with van der Waals surface area (Å²) in [4.78, 5) is 3.60. The molecule has 128 valence electrons. The highest BCUT2D eigenvalue weighted by Gasteiger charge is 2.32. The molecule has 0 bridgehead atoms. The number of likely N-dealkylation sites (tertiary alicyclic amines) is 2. The molecule has 2 saturated heterocycles. The van der Waals surface area contributed by atoms with Crippen LogP contribution in [-0.2, 0) is 6.54 Å². The minimum absolute atomic E-state index is 0.913. The van der Waals surface area contributed by atoms with Crippen LogP contribution >= 0.6 is 15.9 Å². The molecule has 0 aromatic heterocycles. The van der Waals surface area contributed by atoms with Gasteiger partial charge in [-0.1, -0.05) is 22.9 Å². The predicted octanol–water partition coefficient (Wildman–Crippen LogP) is 1.32. The Morgan fingerprint density at radius 3 is 2.43 bits per heavy atom. The van der Waals surface area contributed by atoms with E-state index in [1.54, 1.807) is 12.0 Å². The summed E-state index contributed by atoms with van der Waals surface area (Å²) < 4.78 is 6.68. The maximum absolute atomic E-state index is 5.53. The molecule has 3 rings (SSSR count). The third-order valence-electron chi connectivity index (χ3n) is 5.87. The average molecular weight is 383 g/mol. The lowest BCUT2D eigenvalue weighted by Gasteiger charge is -2.37. The second kappa shape index (κ2) is 8.00. The molecule has 2 aliphatic rings. The molecule has 0 radical (unpaired) electrons. The third kappa shape index (κ3) is 4.49. The van der Waals surface area contributed by atoms with Gasteiger partial charge in [-0.3, -0.25) is 0 Å². The van der Waals surface area contributed by atoms with Gasteiger partial charge >= 0.3 is 0 Å².